The van der Waals surface area contributed by atoms with E-state index in [9.17, 15) is 14.9 Å². The number of nitrogens with one attached hydrogen (secondary N) is 4. The number of aromatic nitrogens is 2. The minimum absolute atomic E-state index is 0.0350. The van der Waals surface area contributed by atoms with Crippen LogP contribution >= 0.6 is 0 Å². The maximum absolute atomic E-state index is 11.7. The topological polar surface area (TPSA) is 134 Å². The number of carbonyl (C=O) groups excluding carboxylic acids is 1. The third-order valence-corrected chi connectivity index (χ3v) is 2.57. The SMILES string of the molecule is CNc1ncnc(NNC(=O)Nc2ccccc2)c1[N+](=O)[O-]. The molecule has 1 heterocycles. The van der Waals surface area contributed by atoms with Crippen molar-refractivity contribution in [2.75, 3.05) is 23.1 Å². The molecule has 0 bridgehead atoms. The van der Waals surface area contributed by atoms with Crippen molar-refractivity contribution in [3.63, 3.8) is 0 Å². The summed E-state index contributed by atoms with van der Waals surface area (Å²) in [6, 6.07) is 8.14. The molecule has 0 unspecified atom stereocenters. The van der Waals surface area contributed by atoms with Gasteiger partial charge in [0.25, 0.3) is 0 Å². The van der Waals surface area contributed by atoms with Crippen molar-refractivity contribution < 1.29 is 9.72 Å². The number of para-hydroxylation sites is 1. The number of nitrogens with zero attached hydrogens (tertiary/aromatic N) is 3. The zero-order valence-corrected chi connectivity index (χ0v) is 11.5. The van der Waals surface area contributed by atoms with Gasteiger partial charge in [0.15, 0.2) is 0 Å². The first-order chi connectivity index (χ1) is 10.6. The fourth-order valence-electron chi connectivity index (χ4n) is 1.63. The highest BCUT2D eigenvalue weighted by molar-refractivity contribution is 5.90. The number of benzene rings is 1. The van der Waals surface area contributed by atoms with Crippen LogP contribution < -0.4 is 21.5 Å². The van der Waals surface area contributed by atoms with E-state index in [1.165, 1.54) is 7.05 Å². The van der Waals surface area contributed by atoms with Crippen LogP contribution in [-0.2, 0) is 0 Å². The smallest absolute Gasteiger partial charge is 0.354 e. The Morgan fingerprint density at radius 2 is 1.86 bits per heavy atom. The molecule has 22 heavy (non-hydrogen) atoms. The van der Waals surface area contributed by atoms with Crippen LogP contribution in [0.2, 0.25) is 0 Å². The van der Waals surface area contributed by atoms with Crippen LogP contribution in [-0.4, -0.2) is 28.0 Å². The molecule has 1 aromatic carbocycles. The normalized spacial score (nSPS) is 9.68. The van der Waals surface area contributed by atoms with Gasteiger partial charge in [-0.25, -0.2) is 20.2 Å². The van der Waals surface area contributed by atoms with Gasteiger partial charge in [-0.3, -0.25) is 15.5 Å². The van der Waals surface area contributed by atoms with Gasteiger partial charge in [-0.15, -0.1) is 0 Å². The lowest BCUT2D eigenvalue weighted by Crippen LogP contribution is -2.34. The summed E-state index contributed by atoms with van der Waals surface area (Å²) in [5.74, 6) is -0.0969. The first kappa shape index (κ1) is 15.0. The van der Waals surface area contributed by atoms with Crippen molar-refractivity contribution in [3.8, 4) is 0 Å². The van der Waals surface area contributed by atoms with E-state index in [4.69, 9.17) is 0 Å². The van der Waals surface area contributed by atoms with Crippen molar-refractivity contribution in [2.45, 2.75) is 0 Å². The number of hydrogen-bond donors (Lipinski definition) is 4. The van der Waals surface area contributed by atoms with Crippen molar-refractivity contribution >= 4 is 29.0 Å². The number of carbonyl (C=O) groups is 1. The summed E-state index contributed by atoms with van der Waals surface area (Å²) in [5.41, 5.74) is 4.87. The molecule has 2 amide bonds. The quantitative estimate of drug-likeness (QED) is 0.486. The molecule has 0 saturated heterocycles. The molecule has 2 aromatic rings. The second-order valence-electron chi connectivity index (χ2n) is 4.00. The monoisotopic (exact) mass is 303 g/mol. The molecular formula is C12H13N7O3. The van der Waals surface area contributed by atoms with Gasteiger partial charge < -0.3 is 10.6 Å². The Balaban J connectivity index is 2.05. The number of anilines is 3. The number of urea groups is 1. The molecule has 10 nitrogen and oxygen atoms in total. The molecule has 114 valence electrons. The van der Waals surface area contributed by atoms with Gasteiger partial charge in [0.2, 0.25) is 11.6 Å². The molecule has 0 aliphatic rings. The van der Waals surface area contributed by atoms with E-state index in [0.29, 0.717) is 5.69 Å². The second kappa shape index (κ2) is 6.83. The Kier molecular flexibility index (Phi) is 4.65. The van der Waals surface area contributed by atoms with Crippen molar-refractivity contribution in [1.82, 2.24) is 15.4 Å². The second-order valence-corrected chi connectivity index (χ2v) is 4.00. The van der Waals surface area contributed by atoms with Crippen LogP contribution in [0, 0.1) is 10.1 Å². The zero-order chi connectivity index (χ0) is 15.9. The third kappa shape index (κ3) is 3.56. The van der Waals surface area contributed by atoms with E-state index in [2.05, 4.69) is 31.5 Å². The van der Waals surface area contributed by atoms with Gasteiger partial charge in [0.05, 0.1) is 4.92 Å². The van der Waals surface area contributed by atoms with Crippen LogP contribution in [0.1, 0.15) is 0 Å². The van der Waals surface area contributed by atoms with E-state index in [1.807, 2.05) is 6.07 Å². The lowest BCUT2D eigenvalue weighted by molar-refractivity contribution is -0.383. The fourth-order valence-corrected chi connectivity index (χ4v) is 1.63. The highest BCUT2D eigenvalue weighted by atomic mass is 16.6. The first-order valence-corrected chi connectivity index (χ1v) is 6.17. The van der Waals surface area contributed by atoms with Crippen LogP contribution in [0.4, 0.5) is 27.8 Å². The summed E-state index contributed by atoms with van der Waals surface area (Å²) in [6.07, 6.45) is 1.14. The number of hydrazine groups is 1. The minimum atomic E-state index is -0.648. The van der Waals surface area contributed by atoms with E-state index in [0.717, 1.165) is 6.33 Å². The molecule has 0 spiro atoms. The summed E-state index contributed by atoms with van der Waals surface area (Å²) in [5, 5.41) is 16.2. The molecule has 0 radical (unpaired) electrons. The predicted octanol–water partition coefficient (Wildman–Crippen LogP) is 1.58. The van der Waals surface area contributed by atoms with E-state index < -0.39 is 11.0 Å². The van der Waals surface area contributed by atoms with Crippen LogP contribution in [0.5, 0.6) is 0 Å². The van der Waals surface area contributed by atoms with Crippen LogP contribution in [0.3, 0.4) is 0 Å². The van der Waals surface area contributed by atoms with Gasteiger partial charge in [-0.05, 0) is 12.1 Å². The molecule has 4 N–H and O–H groups in total. The fraction of sp³-hybridized carbons (Fsp3) is 0.0833. The van der Waals surface area contributed by atoms with Gasteiger partial charge >= 0.3 is 11.7 Å². The first-order valence-electron chi connectivity index (χ1n) is 6.17. The summed E-state index contributed by atoms with van der Waals surface area (Å²) < 4.78 is 0. The van der Waals surface area contributed by atoms with Crippen LogP contribution in [0.25, 0.3) is 0 Å². The summed E-state index contributed by atoms with van der Waals surface area (Å²) in [7, 11) is 1.49. The van der Waals surface area contributed by atoms with Crippen LogP contribution in [0.15, 0.2) is 36.7 Å². The number of amides is 2. The largest absolute Gasteiger partial charge is 0.367 e. The number of rotatable bonds is 5. The Hall–Kier alpha value is -3.43. The lowest BCUT2D eigenvalue weighted by atomic mass is 10.3. The highest BCUT2D eigenvalue weighted by Crippen LogP contribution is 2.27. The van der Waals surface area contributed by atoms with Gasteiger partial charge in [-0.1, -0.05) is 18.2 Å². The standard InChI is InChI=1S/C12H13N7O3/c1-13-10-9(19(21)22)11(15-7-14-10)17-18-12(20)16-8-5-3-2-4-6-8/h2-7H,1H3,(H2,16,18,20)(H2,13,14,15,17). The van der Waals surface area contributed by atoms with Gasteiger partial charge in [0.1, 0.15) is 6.33 Å². The number of hydrogen-bond acceptors (Lipinski definition) is 7. The Morgan fingerprint density at radius 3 is 2.50 bits per heavy atom. The van der Waals surface area contributed by atoms with Gasteiger partial charge in [-0.2, -0.15) is 0 Å². The van der Waals surface area contributed by atoms with Crippen molar-refractivity contribution in [2.24, 2.45) is 0 Å². The summed E-state index contributed by atoms with van der Waals surface area (Å²) in [4.78, 5) is 29.6. The zero-order valence-electron chi connectivity index (χ0n) is 11.5. The Labute approximate surface area is 125 Å². The lowest BCUT2D eigenvalue weighted by Gasteiger charge is -2.10. The molecule has 0 atom stereocenters. The average molecular weight is 303 g/mol. The van der Waals surface area contributed by atoms with E-state index in [-0.39, 0.29) is 17.3 Å². The van der Waals surface area contributed by atoms with E-state index >= 15 is 0 Å². The average Bonchev–Trinajstić information content (AvgIpc) is 2.53. The molecular weight excluding hydrogens is 290 g/mol. The predicted molar refractivity (Wildman–Crippen MR) is 80.5 cm³/mol. The van der Waals surface area contributed by atoms with Crippen molar-refractivity contribution in [3.05, 3.63) is 46.8 Å². The molecule has 0 aliphatic carbocycles. The molecule has 0 saturated carbocycles. The minimum Gasteiger partial charge on any atom is -0.367 e. The molecule has 0 fully saturated rings. The molecule has 0 aliphatic heterocycles. The summed E-state index contributed by atoms with van der Waals surface area (Å²) >= 11 is 0. The molecule has 2 rings (SSSR count). The molecule has 10 heteroatoms. The van der Waals surface area contributed by atoms with Crippen molar-refractivity contribution in [1.29, 1.82) is 0 Å². The van der Waals surface area contributed by atoms with Gasteiger partial charge in [0, 0.05) is 12.7 Å². The Bertz CT molecular complexity index is 678. The summed E-state index contributed by atoms with van der Waals surface area (Å²) in [6.45, 7) is 0. The number of nitro groups is 1. The maximum Gasteiger partial charge on any atom is 0.354 e. The van der Waals surface area contributed by atoms with E-state index in [1.54, 1.807) is 24.3 Å². The third-order valence-electron chi connectivity index (χ3n) is 2.57. The highest BCUT2D eigenvalue weighted by Gasteiger charge is 2.22. The maximum atomic E-state index is 11.7. The molecule has 1 aromatic heterocycles. The Morgan fingerprint density at radius 1 is 1.18 bits per heavy atom.